The van der Waals surface area contributed by atoms with Gasteiger partial charge in [-0.1, -0.05) is 6.07 Å². The molecule has 3 atom stereocenters. The van der Waals surface area contributed by atoms with Gasteiger partial charge in [0.2, 0.25) is 0 Å². The second kappa shape index (κ2) is 5.99. The van der Waals surface area contributed by atoms with E-state index < -0.39 is 11.6 Å². The van der Waals surface area contributed by atoms with Crippen molar-refractivity contribution in [3.05, 3.63) is 35.4 Å². The van der Waals surface area contributed by atoms with Crippen molar-refractivity contribution in [3.63, 3.8) is 0 Å². The van der Waals surface area contributed by atoms with Gasteiger partial charge in [-0.25, -0.2) is 8.78 Å². The van der Waals surface area contributed by atoms with E-state index >= 15 is 0 Å². The van der Waals surface area contributed by atoms with E-state index in [1.807, 2.05) is 0 Å². The number of hydrogen-bond donors (Lipinski definition) is 1. The van der Waals surface area contributed by atoms with Gasteiger partial charge in [-0.2, -0.15) is 0 Å². The van der Waals surface area contributed by atoms with Crippen molar-refractivity contribution in [1.29, 1.82) is 0 Å². The average Bonchev–Trinajstić information content (AvgIpc) is 2.89. The molecule has 1 aromatic carbocycles. The van der Waals surface area contributed by atoms with Crippen LogP contribution in [0.15, 0.2) is 18.2 Å². The van der Waals surface area contributed by atoms with Crippen LogP contribution in [0.4, 0.5) is 8.78 Å². The Hall–Kier alpha value is -1.04. The molecule has 2 fully saturated rings. The minimum absolute atomic E-state index is 0.177. The largest absolute Gasteiger partial charge is 0.329 e. The summed E-state index contributed by atoms with van der Waals surface area (Å²) in [4.78, 5) is 4.82. The van der Waals surface area contributed by atoms with E-state index in [-0.39, 0.29) is 6.04 Å². The molecule has 0 radical (unpaired) electrons. The normalized spacial score (nSPS) is 28.6. The quantitative estimate of drug-likeness (QED) is 0.927. The maximum atomic E-state index is 14.1. The van der Waals surface area contributed by atoms with Gasteiger partial charge >= 0.3 is 0 Å². The first kappa shape index (κ1) is 14.9. The lowest BCUT2D eigenvalue weighted by atomic mass is 9.99. The van der Waals surface area contributed by atoms with Crippen molar-refractivity contribution < 1.29 is 8.78 Å². The number of nitrogens with zero attached hydrogens (tertiary/aromatic N) is 2. The Bertz CT molecular complexity index is 508. The SMILES string of the molecule is CC1CN2CCCC2CN1C(CN)c1ccc(F)cc1F. The third kappa shape index (κ3) is 2.82. The van der Waals surface area contributed by atoms with Crippen LogP contribution in [0, 0.1) is 11.6 Å². The summed E-state index contributed by atoms with van der Waals surface area (Å²) in [5, 5.41) is 0. The molecule has 3 rings (SSSR count). The summed E-state index contributed by atoms with van der Waals surface area (Å²) in [7, 11) is 0. The molecule has 0 saturated carbocycles. The molecule has 0 aromatic heterocycles. The maximum Gasteiger partial charge on any atom is 0.130 e. The molecule has 2 N–H and O–H groups in total. The highest BCUT2D eigenvalue weighted by atomic mass is 19.1. The van der Waals surface area contributed by atoms with Crippen LogP contribution in [0.1, 0.15) is 31.4 Å². The van der Waals surface area contributed by atoms with Crippen molar-refractivity contribution in [2.75, 3.05) is 26.2 Å². The molecule has 3 nitrogen and oxygen atoms in total. The van der Waals surface area contributed by atoms with E-state index in [9.17, 15) is 8.78 Å². The lowest BCUT2D eigenvalue weighted by molar-refractivity contribution is 0.0286. The van der Waals surface area contributed by atoms with E-state index in [2.05, 4.69) is 16.7 Å². The Morgan fingerprint density at radius 3 is 2.86 bits per heavy atom. The topological polar surface area (TPSA) is 32.5 Å². The first-order valence-corrected chi connectivity index (χ1v) is 7.75. The van der Waals surface area contributed by atoms with Gasteiger partial charge in [0.1, 0.15) is 11.6 Å². The Kier molecular flexibility index (Phi) is 4.24. The number of benzene rings is 1. The van der Waals surface area contributed by atoms with Crippen molar-refractivity contribution in [2.24, 2.45) is 5.73 Å². The summed E-state index contributed by atoms with van der Waals surface area (Å²) in [5.41, 5.74) is 6.44. The average molecular weight is 295 g/mol. The van der Waals surface area contributed by atoms with Gasteiger partial charge < -0.3 is 5.73 Å². The van der Waals surface area contributed by atoms with E-state index in [0.717, 1.165) is 19.2 Å². The third-order valence-electron chi connectivity index (χ3n) is 4.93. The molecule has 116 valence electrons. The molecular weight excluding hydrogens is 272 g/mol. The second-order valence-corrected chi connectivity index (χ2v) is 6.25. The summed E-state index contributed by atoms with van der Waals surface area (Å²) in [6.45, 7) is 5.60. The standard InChI is InChI=1S/C16H23F2N3/c1-11-9-20-6-2-3-13(20)10-21(11)16(8-19)14-5-4-12(17)7-15(14)18/h4-5,7,11,13,16H,2-3,6,8-10,19H2,1H3. The van der Waals surface area contributed by atoms with Crippen LogP contribution in [0.5, 0.6) is 0 Å². The zero-order valence-electron chi connectivity index (χ0n) is 12.4. The van der Waals surface area contributed by atoms with Crippen LogP contribution in [0.25, 0.3) is 0 Å². The number of rotatable bonds is 3. The predicted molar refractivity (Wildman–Crippen MR) is 78.9 cm³/mol. The van der Waals surface area contributed by atoms with Crippen molar-refractivity contribution in [2.45, 2.75) is 37.9 Å². The Labute approximate surface area is 124 Å². The molecule has 2 aliphatic rings. The summed E-state index contributed by atoms with van der Waals surface area (Å²) >= 11 is 0. The van der Waals surface area contributed by atoms with Gasteiger partial charge in [0.05, 0.1) is 6.04 Å². The summed E-state index contributed by atoms with van der Waals surface area (Å²) in [6, 6.07) is 4.52. The lowest BCUT2D eigenvalue weighted by Crippen LogP contribution is -2.56. The minimum Gasteiger partial charge on any atom is -0.329 e. The molecular formula is C16H23F2N3. The number of piperazine rings is 1. The highest BCUT2D eigenvalue weighted by molar-refractivity contribution is 5.23. The molecule has 2 heterocycles. The maximum absolute atomic E-state index is 14.1. The molecule has 21 heavy (non-hydrogen) atoms. The molecule has 0 bridgehead atoms. The molecule has 0 aliphatic carbocycles. The first-order valence-electron chi connectivity index (χ1n) is 7.75. The van der Waals surface area contributed by atoms with Gasteiger partial charge in [-0.05, 0) is 32.4 Å². The Morgan fingerprint density at radius 2 is 2.14 bits per heavy atom. The van der Waals surface area contributed by atoms with E-state index in [1.165, 1.54) is 31.5 Å². The van der Waals surface area contributed by atoms with Gasteiger partial charge in [-0.15, -0.1) is 0 Å². The van der Waals surface area contributed by atoms with Gasteiger partial charge in [0.25, 0.3) is 0 Å². The highest BCUT2D eigenvalue weighted by Gasteiger charge is 2.37. The van der Waals surface area contributed by atoms with Crippen molar-refractivity contribution >= 4 is 0 Å². The zero-order chi connectivity index (χ0) is 15.0. The van der Waals surface area contributed by atoms with Crippen LogP contribution < -0.4 is 5.73 Å². The fourth-order valence-corrected chi connectivity index (χ4v) is 3.86. The summed E-state index contributed by atoms with van der Waals surface area (Å²) in [5.74, 6) is -1.04. The number of fused-ring (bicyclic) bond motifs is 1. The number of nitrogens with two attached hydrogens (primary N) is 1. The minimum atomic E-state index is -0.541. The summed E-state index contributed by atoms with van der Waals surface area (Å²) < 4.78 is 27.2. The van der Waals surface area contributed by atoms with Crippen LogP contribution in [0.3, 0.4) is 0 Å². The zero-order valence-corrected chi connectivity index (χ0v) is 12.4. The van der Waals surface area contributed by atoms with Crippen LogP contribution in [0.2, 0.25) is 0 Å². The fraction of sp³-hybridized carbons (Fsp3) is 0.625. The summed E-state index contributed by atoms with van der Waals surface area (Å²) in [6.07, 6.45) is 2.44. The van der Waals surface area contributed by atoms with Crippen molar-refractivity contribution in [1.82, 2.24) is 9.80 Å². The lowest BCUT2D eigenvalue weighted by Gasteiger charge is -2.46. The van der Waals surface area contributed by atoms with Crippen molar-refractivity contribution in [3.8, 4) is 0 Å². The Balaban J connectivity index is 1.85. The predicted octanol–water partition coefficient (Wildman–Crippen LogP) is 2.13. The smallest absolute Gasteiger partial charge is 0.130 e. The highest BCUT2D eigenvalue weighted by Crippen LogP contribution is 2.31. The first-order chi connectivity index (χ1) is 10.1. The molecule has 5 heteroatoms. The Morgan fingerprint density at radius 1 is 1.33 bits per heavy atom. The van der Waals surface area contributed by atoms with Crippen LogP contribution >= 0.6 is 0 Å². The van der Waals surface area contributed by atoms with E-state index in [1.54, 1.807) is 0 Å². The van der Waals surface area contributed by atoms with Gasteiger partial charge in [0.15, 0.2) is 0 Å². The van der Waals surface area contributed by atoms with Gasteiger partial charge in [0, 0.05) is 43.3 Å². The number of halogens is 2. The molecule has 0 spiro atoms. The van der Waals surface area contributed by atoms with Crippen LogP contribution in [-0.2, 0) is 0 Å². The molecule has 2 aliphatic heterocycles. The number of hydrogen-bond acceptors (Lipinski definition) is 3. The molecule has 3 unspecified atom stereocenters. The van der Waals surface area contributed by atoms with Crippen LogP contribution in [-0.4, -0.2) is 48.1 Å². The second-order valence-electron chi connectivity index (χ2n) is 6.25. The molecule has 2 saturated heterocycles. The molecule has 1 aromatic rings. The monoisotopic (exact) mass is 295 g/mol. The van der Waals surface area contributed by atoms with Gasteiger partial charge in [-0.3, -0.25) is 9.80 Å². The fourth-order valence-electron chi connectivity index (χ4n) is 3.86. The third-order valence-corrected chi connectivity index (χ3v) is 4.93. The molecule has 0 amide bonds. The van der Waals surface area contributed by atoms with E-state index in [4.69, 9.17) is 5.73 Å². The van der Waals surface area contributed by atoms with E-state index in [0.29, 0.717) is 24.2 Å².